The van der Waals surface area contributed by atoms with Gasteiger partial charge < -0.3 is 20.1 Å². The largest absolute Gasteiger partial charge is 0.379 e. The minimum atomic E-state index is 0. The summed E-state index contributed by atoms with van der Waals surface area (Å²) in [7, 11) is 0. The summed E-state index contributed by atoms with van der Waals surface area (Å²) >= 11 is 1.97. The molecule has 0 saturated carbocycles. The second kappa shape index (κ2) is 12.8. The molecule has 1 saturated heterocycles. The number of guanidine groups is 1. The lowest BCUT2D eigenvalue weighted by Crippen LogP contribution is -2.42. The molecule has 2 N–H and O–H groups in total. The normalized spacial score (nSPS) is 15.2. The van der Waals surface area contributed by atoms with Gasteiger partial charge in [0.05, 0.1) is 26.4 Å². The summed E-state index contributed by atoms with van der Waals surface area (Å²) in [6, 6.07) is 8.31. The smallest absolute Gasteiger partial charge is 0.191 e. The van der Waals surface area contributed by atoms with E-state index in [0.717, 1.165) is 42.3 Å². The third-order valence-corrected chi connectivity index (χ3v) is 4.54. The lowest BCUT2D eigenvalue weighted by Gasteiger charge is -2.27. The number of hydrogen-bond donors (Lipinski definition) is 1. The number of hydrogen-bond acceptors (Lipinski definition) is 4. The molecule has 0 bridgehead atoms. The topological polar surface area (TPSA) is 60.1 Å². The first-order chi connectivity index (χ1) is 11.3. The molecule has 0 radical (unpaired) electrons. The molecular formula is C17H28IN3O2S. The average Bonchev–Trinajstić information content (AvgIpc) is 2.60. The highest BCUT2D eigenvalue weighted by molar-refractivity contribution is 14.0. The van der Waals surface area contributed by atoms with Gasteiger partial charge in [-0.3, -0.25) is 0 Å². The van der Waals surface area contributed by atoms with Gasteiger partial charge in [0.15, 0.2) is 5.96 Å². The number of aliphatic imine (C=N–C) groups is 1. The Bertz CT molecular complexity index is 496. The number of nitrogens with two attached hydrogens (primary N) is 1. The minimum absolute atomic E-state index is 0. The van der Waals surface area contributed by atoms with Crippen LogP contribution >= 0.6 is 35.7 Å². The molecule has 24 heavy (non-hydrogen) atoms. The van der Waals surface area contributed by atoms with E-state index >= 15 is 0 Å². The molecule has 1 aromatic rings. The van der Waals surface area contributed by atoms with Crippen LogP contribution in [0.25, 0.3) is 0 Å². The molecule has 0 spiro atoms. The highest BCUT2D eigenvalue weighted by Crippen LogP contribution is 2.10. The quantitative estimate of drug-likeness (QED) is 0.277. The predicted molar refractivity (Wildman–Crippen MR) is 112 cm³/mol. The molecule has 5 nitrogen and oxygen atoms in total. The van der Waals surface area contributed by atoms with Gasteiger partial charge in [0.1, 0.15) is 0 Å². The molecule has 0 aliphatic carbocycles. The molecular weight excluding hydrogens is 437 g/mol. The van der Waals surface area contributed by atoms with Crippen LogP contribution in [0.3, 0.4) is 0 Å². The van der Waals surface area contributed by atoms with Crippen LogP contribution in [0.2, 0.25) is 0 Å². The lowest BCUT2D eigenvalue weighted by atomic mass is 10.1. The summed E-state index contributed by atoms with van der Waals surface area (Å²) in [4.78, 5) is 6.69. The van der Waals surface area contributed by atoms with Gasteiger partial charge in [-0.25, -0.2) is 4.99 Å². The Balaban J connectivity index is 0.00000288. The van der Waals surface area contributed by atoms with Crippen molar-refractivity contribution in [3.63, 3.8) is 0 Å². The maximum atomic E-state index is 6.09. The van der Waals surface area contributed by atoms with Crippen molar-refractivity contribution >= 4 is 41.7 Å². The molecule has 1 aliphatic heterocycles. The van der Waals surface area contributed by atoms with Crippen LogP contribution in [0.4, 0.5) is 0 Å². The van der Waals surface area contributed by atoms with E-state index in [1.165, 1.54) is 0 Å². The first kappa shape index (κ1) is 21.5. The van der Waals surface area contributed by atoms with Crippen molar-refractivity contribution in [2.24, 2.45) is 10.7 Å². The summed E-state index contributed by atoms with van der Waals surface area (Å²) < 4.78 is 10.9. The Morgan fingerprint density at radius 1 is 1.21 bits per heavy atom. The fourth-order valence-corrected chi connectivity index (χ4v) is 3.24. The third-order valence-electron chi connectivity index (χ3n) is 3.59. The van der Waals surface area contributed by atoms with E-state index in [0.29, 0.717) is 32.3 Å². The number of benzene rings is 1. The minimum Gasteiger partial charge on any atom is -0.379 e. The monoisotopic (exact) mass is 465 g/mol. The van der Waals surface area contributed by atoms with E-state index in [1.54, 1.807) is 0 Å². The Labute approximate surface area is 166 Å². The van der Waals surface area contributed by atoms with Crippen molar-refractivity contribution < 1.29 is 9.47 Å². The van der Waals surface area contributed by atoms with Crippen LogP contribution in [0.5, 0.6) is 0 Å². The number of nitrogens with zero attached hydrogens (tertiary/aromatic N) is 2. The average molecular weight is 465 g/mol. The Hall–Kier alpha value is -0.510. The van der Waals surface area contributed by atoms with E-state index in [9.17, 15) is 0 Å². The van der Waals surface area contributed by atoms with Crippen LogP contribution in [-0.2, 0) is 22.6 Å². The van der Waals surface area contributed by atoms with Crippen LogP contribution in [-0.4, -0.2) is 55.3 Å². The van der Waals surface area contributed by atoms with Gasteiger partial charge in [0, 0.05) is 31.2 Å². The molecule has 1 aliphatic rings. The fourth-order valence-electron chi connectivity index (χ4n) is 2.33. The molecule has 0 unspecified atom stereocenters. The van der Waals surface area contributed by atoms with Gasteiger partial charge >= 0.3 is 0 Å². The molecule has 0 atom stereocenters. The molecule has 2 rings (SSSR count). The molecule has 1 aromatic carbocycles. The summed E-state index contributed by atoms with van der Waals surface area (Å²) in [6.07, 6.45) is 0. The van der Waals surface area contributed by atoms with Crippen LogP contribution in [0, 0.1) is 0 Å². The van der Waals surface area contributed by atoms with Crippen molar-refractivity contribution in [2.45, 2.75) is 20.1 Å². The van der Waals surface area contributed by atoms with Crippen molar-refractivity contribution in [2.75, 3.05) is 44.4 Å². The van der Waals surface area contributed by atoms with Crippen molar-refractivity contribution in [3.05, 3.63) is 35.4 Å². The van der Waals surface area contributed by atoms with E-state index in [-0.39, 0.29) is 24.0 Å². The van der Waals surface area contributed by atoms with Gasteiger partial charge in [-0.2, -0.15) is 11.8 Å². The highest BCUT2D eigenvalue weighted by atomic mass is 127. The zero-order chi connectivity index (χ0) is 16.3. The molecule has 1 heterocycles. The van der Waals surface area contributed by atoms with Crippen LogP contribution in [0.15, 0.2) is 29.3 Å². The maximum absolute atomic E-state index is 6.09. The van der Waals surface area contributed by atoms with E-state index < -0.39 is 0 Å². The molecule has 7 heteroatoms. The summed E-state index contributed by atoms with van der Waals surface area (Å²) in [5, 5.41) is 0. The Morgan fingerprint density at radius 3 is 2.67 bits per heavy atom. The SMILES string of the molecule is CCOCCOCc1cccc(CN=C(N)N2CCSCC2)c1.I. The molecule has 0 aromatic heterocycles. The second-order valence-corrected chi connectivity index (χ2v) is 6.57. The predicted octanol–water partition coefficient (Wildman–Crippen LogP) is 2.72. The fraction of sp³-hybridized carbons (Fsp3) is 0.588. The molecule has 1 fully saturated rings. The van der Waals surface area contributed by atoms with Gasteiger partial charge in [-0.15, -0.1) is 24.0 Å². The lowest BCUT2D eigenvalue weighted by molar-refractivity contribution is 0.0453. The zero-order valence-electron chi connectivity index (χ0n) is 14.3. The summed E-state index contributed by atoms with van der Waals surface area (Å²) in [5.74, 6) is 2.92. The van der Waals surface area contributed by atoms with Crippen molar-refractivity contribution in [1.82, 2.24) is 4.90 Å². The Morgan fingerprint density at radius 2 is 1.92 bits per heavy atom. The van der Waals surface area contributed by atoms with Gasteiger partial charge in [-0.05, 0) is 18.1 Å². The van der Waals surface area contributed by atoms with Gasteiger partial charge in [-0.1, -0.05) is 24.3 Å². The summed E-state index contributed by atoms with van der Waals surface area (Å²) in [6.45, 7) is 7.18. The third kappa shape index (κ3) is 8.04. The number of rotatable bonds is 8. The highest BCUT2D eigenvalue weighted by Gasteiger charge is 2.11. The molecule has 136 valence electrons. The Kier molecular flexibility index (Phi) is 11.5. The van der Waals surface area contributed by atoms with Gasteiger partial charge in [0.25, 0.3) is 0 Å². The van der Waals surface area contributed by atoms with Gasteiger partial charge in [0.2, 0.25) is 0 Å². The standard InChI is InChI=1S/C17H27N3O2S.HI/c1-2-21-8-9-22-14-16-5-3-4-15(12-16)13-19-17(18)20-6-10-23-11-7-20;/h3-5,12H,2,6-11,13-14H2,1H3,(H2,18,19);1H. The number of halogens is 1. The first-order valence-corrected chi connectivity index (χ1v) is 9.31. The summed E-state index contributed by atoms with van der Waals surface area (Å²) in [5.41, 5.74) is 8.40. The van der Waals surface area contributed by atoms with Crippen molar-refractivity contribution in [1.29, 1.82) is 0 Å². The van der Waals surface area contributed by atoms with E-state index in [4.69, 9.17) is 15.2 Å². The number of ether oxygens (including phenoxy) is 2. The first-order valence-electron chi connectivity index (χ1n) is 8.15. The number of thioether (sulfide) groups is 1. The van der Waals surface area contributed by atoms with E-state index in [2.05, 4.69) is 28.1 Å². The van der Waals surface area contributed by atoms with Crippen LogP contribution in [0.1, 0.15) is 18.1 Å². The van der Waals surface area contributed by atoms with Crippen molar-refractivity contribution in [3.8, 4) is 0 Å². The maximum Gasteiger partial charge on any atom is 0.191 e. The second-order valence-electron chi connectivity index (χ2n) is 5.34. The van der Waals surface area contributed by atoms with Crippen LogP contribution < -0.4 is 5.73 Å². The molecule has 0 amide bonds. The zero-order valence-corrected chi connectivity index (χ0v) is 17.4. The van der Waals surface area contributed by atoms with E-state index in [1.807, 2.05) is 24.8 Å².